The average Bonchev–Trinajstić information content (AvgIpc) is 3.85. The molecule has 6 fully saturated rings. The molecule has 2 aromatic rings. The molecule has 6 aliphatic rings. The summed E-state index contributed by atoms with van der Waals surface area (Å²) in [5.41, 5.74) is 2.64. The maximum atomic E-state index is 2.34. The second-order valence-corrected chi connectivity index (χ2v) is 15.5. The molecule has 0 aliphatic heterocycles. The van der Waals surface area contributed by atoms with Gasteiger partial charge < -0.3 is 0 Å². The third kappa shape index (κ3) is 29.2. The molecule has 0 radical (unpaired) electrons. The van der Waals surface area contributed by atoms with Gasteiger partial charge in [-0.25, -0.2) is 0 Å². The summed E-state index contributed by atoms with van der Waals surface area (Å²) in [6.07, 6.45) is 26.8. The van der Waals surface area contributed by atoms with E-state index < -0.39 is 0 Å². The Morgan fingerprint density at radius 2 is 0.500 bits per heavy atom. The van der Waals surface area contributed by atoms with Crippen LogP contribution in [-0.2, 0) is 0 Å². The second kappa shape index (κ2) is 26.6. The van der Waals surface area contributed by atoms with Crippen LogP contribution in [0.1, 0.15) is 168 Å². The molecular weight excluding hydrogens is 528 g/mol. The normalized spacial score (nSPS) is 20.4. The predicted molar refractivity (Wildman–Crippen MR) is 200 cm³/mol. The Hall–Kier alpha value is -1.56. The van der Waals surface area contributed by atoms with E-state index in [1.54, 1.807) is 0 Å². The molecule has 0 N–H and O–H groups in total. The van der Waals surface area contributed by atoms with Gasteiger partial charge in [0.15, 0.2) is 0 Å². The summed E-state index contributed by atoms with van der Waals surface area (Å²) in [5.74, 6) is 6.39. The van der Waals surface area contributed by atoms with Gasteiger partial charge in [-0.05, 0) is 49.4 Å². The first-order chi connectivity index (χ1) is 21.2. The zero-order chi connectivity index (χ0) is 32.4. The van der Waals surface area contributed by atoms with Crippen molar-refractivity contribution < 1.29 is 0 Å². The first-order valence-corrected chi connectivity index (χ1v) is 19.2. The molecular formula is C44H76. The van der Waals surface area contributed by atoms with Gasteiger partial charge in [0.05, 0.1) is 0 Å². The lowest BCUT2D eigenvalue weighted by Gasteiger charge is -2.18. The molecule has 0 unspecified atom stereocenters. The van der Waals surface area contributed by atoms with E-state index >= 15 is 0 Å². The Morgan fingerprint density at radius 3 is 0.568 bits per heavy atom. The zero-order valence-corrected chi connectivity index (χ0v) is 31.0. The first-order valence-electron chi connectivity index (χ1n) is 19.2. The van der Waals surface area contributed by atoms with Crippen LogP contribution < -0.4 is 0 Å². The van der Waals surface area contributed by atoms with Crippen LogP contribution in [0.25, 0.3) is 0 Å². The van der Waals surface area contributed by atoms with Crippen molar-refractivity contribution in [1.29, 1.82) is 0 Å². The second-order valence-electron chi connectivity index (χ2n) is 15.5. The van der Waals surface area contributed by atoms with Crippen LogP contribution in [0.5, 0.6) is 0 Å². The number of benzene rings is 2. The Kier molecular flexibility index (Phi) is 24.5. The molecule has 0 nitrogen and oxygen atoms in total. The van der Waals surface area contributed by atoms with Gasteiger partial charge in [-0.3, -0.25) is 0 Å². The van der Waals surface area contributed by atoms with Gasteiger partial charge in [0.2, 0.25) is 0 Å². The predicted octanol–water partition coefficient (Wildman–Crippen LogP) is 14.8. The van der Waals surface area contributed by atoms with E-state index in [0.29, 0.717) is 0 Å². The lowest BCUT2D eigenvalue weighted by Crippen LogP contribution is -2.04. The molecule has 0 heteroatoms. The maximum Gasteiger partial charge on any atom is -0.0398 e. The minimum Gasteiger partial charge on any atom is -0.0625 e. The van der Waals surface area contributed by atoms with Gasteiger partial charge in [0.25, 0.3) is 0 Å². The molecule has 6 saturated carbocycles. The number of hydrogen-bond acceptors (Lipinski definition) is 0. The Balaban J connectivity index is 0.000000253. The van der Waals surface area contributed by atoms with Gasteiger partial charge in [0.1, 0.15) is 0 Å². The third-order valence-electron chi connectivity index (χ3n) is 9.69. The lowest BCUT2D eigenvalue weighted by atomic mass is 9.88. The highest BCUT2D eigenvalue weighted by Gasteiger charge is 2.13. The van der Waals surface area contributed by atoms with Gasteiger partial charge in [0, 0.05) is 0 Å². The molecule has 0 heterocycles. The van der Waals surface area contributed by atoms with Crippen LogP contribution in [0.15, 0.2) is 60.7 Å². The molecule has 0 saturated heterocycles. The van der Waals surface area contributed by atoms with Crippen molar-refractivity contribution in [3.63, 3.8) is 0 Å². The van der Waals surface area contributed by atoms with Crippen LogP contribution >= 0.6 is 0 Å². The van der Waals surface area contributed by atoms with Crippen molar-refractivity contribution in [3.05, 3.63) is 71.8 Å². The fraction of sp³-hybridized carbons (Fsp3) is 0.727. The van der Waals surface area contributed by atoms with Gasteiger partial charge in [-0.1, -0.05) is 229 Å². The van der Waals surface area contributed by atoms with Crippen LogP contribution in [0.2, 0.25) is 0 Å². The molecule has 6 aliphatic carbocycles. The van der Waals surface area contributed by atoms with Crippen molar-refractivity contribution in [1.82, 2.24) is 0 Å². The number of hydrogen-bond donors (Lipinski definition) is 0. The third-order valence-corrected chi connectivity index (χ3v) is 9.69. The van der Waals surface area contributed by atoms with Crippen LogP contribution in [0.3, 0.4) is 0 Å². The highest BCUT2D eigenvalue weighted by Crippen LogP contribution is 2.27. The smallest absolute Gasteiger partial charge is 0.0398 e. The Morgan fingerprint density at radius 1 is 0.295 bits per heavy atom. The van der Waals surface area contributed by atoms with Gasteiger partial charge in [-0.2, -0.15) is 0 Å². The summed E-state index contributed by atoms with van der Waals surface area (Å²) < 4.78 is 0. The maximum absolute atomic E-state index is 2.34. The molecule has 0 amide bonds. The summed E-state index contributed by atoms with van der Waals surface area (Å²) in [6.45, 7) is 18.0. The van der Waals surface area contributed by atoms with E-state index in [9.17, 15) is 0 Å². The summed E-state index contributed by atoms with van der Waals surface area (Å²) >= 11 is 0. The van der Waals surface area contributed by atoms with E-state index in [1.807, 2.05) is 36.4 Å². The average molecular weight is 605 g/mol. The highest BCUT2D eigenvalue weighted by molar-refractivity contribution is 5.12. The minimum atomic E-state index is 1.05. The van der Waals surface area contributed by atoms with Crippen molar-refractivity contribution in [2.24, 2.45) is 35.5 Å². The Bertz CT molecular complexity index is 753. The SMILES string of the molecule is CC1CC1.CC1CC1.CC1CCC1.CC1CCC1.CC1CCCC1.CC1CCCC1.Cc1ccccc1.Cc1ccccc1. The number of aryl methyl sites for hydroxylation is 2. The molecule has 0 spiro atoms. The van der Waals surface area contributed by atoms with E-state index in [1.165, 1.54) is 127 Å². The van der Waals surface area contributed by atoms with Crippen LogP contribution in [-0.4, -0.2) is 0 Å². The fourth-order valence-electron chi connectivity index (χ4n) is 4.89. The monoisotopic (exact) mass is 605 g/mol. The fourth-order valence-corrected chi connectivity index (χ4v) is 4.89. The molecule has 252 valence electrons. The van der Waals surface area contributed by atoms with Crippen molar-refractivity contribution >= 4 is 0 Å². The standard InChI is InChI=1S/2C7H8.2C6H12.2C5H10.2C4H8/c2*1-7-5-3-2-4-6-7;2*1-6-4-2-3-5-6;2*1-5-3-2-4-5;2*1-4-2-3-4/h2*2-6H,1H3;2*6H,2-5H2,1H3;2*5H,2-4H2,1H3;2*4H,2-3H2,1H3. The van der Waals surface area contributed by atoms with Crippen molar-refractivity contribution in [3.8, 4) is 0 Å². The molecule has 0 bridgehead atoms. The topological polar surface area (TPSA) is 0 Å². The quantitative estimate of drug-likeness (QED) is 0.280. The number of rotatable bonds is 0. The summed E-state index contributed by atoms with van der Waals surface area (Å²) in [4.78, 5) is 0. The van der Waals surface area contributed by atoms with E-state index in [-0.39, 0.29) is 0 Å². The lowest BCUT2D eigenvalue weighted by molar-refractivity contribution is 0.346. The van der Waals surface area contributed by atoms with E-state index in [2.05, 4.69) is 79.7 Å². The van der Waals surface area contributed by atoms with Crippen molar-refractivity contribution in [2.75, 3.05) is 0 Å². The first kappa shape index (κ1) is 40.5. The molecule has 44 heavy (non-hydrogen) atoms. The minimum absolute atomic E-state index is 1.05. The summed E-state index contributed by atoms with van der Waals surface area (Å²) in [6, 6.07) is 20.5. The van der Waals surface area contributed by atoms with Crippen LogP contribution in [0.4, 0.5) is 0 Å². The van der Waals surface area contributed by atoms with E-state index in [0.717, 1.165) is 35.5 Å². The Labute approximate surface area is 277 Å². The molecule has 8 rings (SSSR count). The van der Waals surface area contributed by atoms with Crippen molar-refractivity contribution in [2.45, 2.75) is 171 Å². The van der Waals surface area contributed by atoms with E-state index in [4.69, 9.17) is 0 Å². The van der Waals surface area contributed by atoms with Gasteiger partial charge >= 0.3 is 0 Å². The van der Waals surface area contributed by atoms with Gasteiger partial charge in [-0.15, -0.1) is 0 Å². The molecule has 2 aromatic carbocycles. The summed E-state index contributed by atoms with van der Waals surface area (Å²) in [5, 5.41) is 0. The molecule has 0 aromatic heterocycles. The molecule has 0 atom stereocenters. The summed E-state index contributed by atoms with van der Waals surface area (Å²) in [7, 11) is 0. The largest absolute Gasteiger partial charge is 0.0625 e. The highest BCUT2D eigenvalue weighted by atomic mass is 14.2. The van der Waals surface area contributed by atoms with Crippen LogP contribution in [0, 0.1) is 49.4 Å². The zero-order valence-electron chi connectivity index (χ0n) is 31.0.